The quantitative estimate of drug-likeness (QED) is 0.343. The number of aliphatic hydroxyl groups is 1. The van der Waals surface area contributed by atoms with E-state index in [9.17, 15) is 5.11 Å². The highest BCUT2D eigenvalue weighted by Crippen LogP contribution is 2.36. The normalized spacial score (nSPS) is 23.9. The topological polar surface area (TPSA) is 82.7 Å². The Morgan fingerprint density at radius 3 is 2.72 bits per heavy atom. The monoisotopic (exact) mass is 464 g/mol. The number of aliphatic imine (C=N–C) groups is 1. The third-order valence-corrected chi connectivity index (χ3v) is 5.07. The van der Waals surface area contributed by atoms with Crippen molar-refractivity contribution in [3.05, 3.63) is 17.0 Å². The number of rotatable bonds is 6. The summed E-state index contributed by atoms with van der Waals surface area (Å²) < 4.78 is 5.20. The molecule has 1 aromatic heterocycles. The highest BCUT2D eigenvalue weighted by atomic mass is 127. The van der Waals surface area contributed by atoms with Crippen LogP contribution in [0, 0.1) is 19.3 Å². The molecule has 0 spiro atoms. The molecule has 3 N–H and O–H groups in total. The molecule has 7 heteroatoms. The van der Waals surface area contributed by atoms with E-state index in [4.69, 9.17) is 9.52 Å². The molecule has 144 valence electrons. The third kappa shape index (κ3) is 6.13. The molecule has 2 rings (SSSR count). The van der Waals surface area contributed by atoms with Crippen LogP contribution in [-0.2, 0) is 6.42 Å². The van der Waals surface area contributed by atoms with E-state index in [1.54, 1.807) is 0 Å². The van der Waals surface area contributed by atoms with Gasteiger partial charge in [0.05, 0.1) is 18.3 Å². The molecule has 1 aliphatic carbocycles. The molecule has 0 bridgehead atoms. The molecule has 0 aromatic carbocycles. The summed E-state index contributed by atoms with van der Waals surface area (Å²) in [4.78, 5) is 4.72. The van der Waals surface area contributed by atoms with Crippen molar-refractivity contribution in [1.82, 2.24) is 15.8 Å². The van der Waals surface area contributed by atoms with Gasteiger partial charge < -0.3 is 20.3 Å². The van der Waals surface area contributed by atoms with Gasteiger partial charge in [0, 0.05) is 24.1 Å². The van der Waals surface area contributed by atoms with Crippen molar-refractivity contribution in [3.8, 4) is 0 Å². The molecule has 2 atom stereocenters. The number of halogens is 1. The summed E-state index contributed by atoms with van der Waals surface area (Å²) in [5.74, 6) is 1.69. The number of nitrogens with one attached hydrogen (secondary N) is 2. The maximum Gasteiger partial charge on any atom is 0.191 e. The van der Waals surface area contributed by atoms with Gasteiger partial charge >= 0.3 is 0 Å². The zero-order chi connectivity index (χ0) is 17.6. The number of hydrogen-bond acceptors (Lipinski definition) is 4. The standard InChI is InChI=1S/C18H32N4O2.HI/c1-5-19-17(20-11-9-15-13(2)22-24-14(15)3)21-12-18(4)10-7-6-8-16(18)23;/h16,23H,5-12H2,1-4H3,(H2,19,20,21);1H. The smallest absolute Gasteiger partial charge is 0.191 e. The second kappa shape index (κ2) is 10.4. The van der Waals surface area contributed by atoms with E-state index in [1.807, 2.05) is 13.8 Å². The minimum absolute atomic E-state index is 0. The van der Waals surface area contributed by atoms with E-state index in [0.29, 0.717) is 6.54 Å². The molecule has 0 amide bonds. The van der Waals surface area contributed by atoms with Gasteiger partial charge in [0.25, 0.3) is 0 Å². The van der Waals surface area contributed by atoms with Crippen LogP contribution in [0.25, 0.3) is 0 Å². The summed E-state index contributed by atoms with van der Waals surface area (Å²) in [5, 5.41) is 20.9. The molecule has 0 aliphatic heterocycles. The second-order valence-electron chi connectivity index (χ2n) is 7.09. The van der Waals surface area contributed by atoms with Gasteiger partial charge in [-0.1, -0.05) is 24.9 Å². The average molecular weight is 464 g/mol. The summed E-state index contributed by atoms with van der Waals surface area (Å²) >= 11 is 0. The van der Waals surface area contributed by atoms with Gasteiger partial charge in [0.1, 0.15) is 5.76 Å². The van der Waals surface area contributed by atoms with Crippen LogP contribution in [0.15, 0.2) is 9.52 Å². The summed E-state index contributed by atoms with van der Waals surface area (Å²) in [5.41, 5.74) is 2.00. The fourth-order valence-corrected chi connectivity index (χ4v) is 3.33. The molecule has 0 radical (unpaired) electrons. The maximum absolute atomic E-state index is 10.3. The van der Waals surface area contributed by atoms with E-state index in [0.717, 1.165) is 61.7 Å². The largest absolute Gasteiger partial charge is 0.392 e. The number of guanidine groups is 1. The Balaban J connectivity index is 0.00000312. The summed E-state index contributed by atoms with van der Waals surface area (Å²) in [6.07, 6.45) is 4.83. The molecule has 25 heavy (non-hydrogen) atoms. The van der Waals surface area contributed by atoms with Crippen molar-refractivity contribution in [2.24, 2.45) is 10.4 Å². The Hall–Kier alpha value is -0.830. The number of aliphatic hydroxyl groups excluding tert-OH is 1. The lowest BCUT2D eigenvalue weighted by Crippen LogP contribution is -2.42. The third-order valence-electron chi connectivity index (χ3n) is 5.07. The van der Waals surface area contributed by atoms with Crippen molar-refractivity contribution >= 4 is 29.9 Å². The molecule has 6 nitrogen and oxygen atoms in total. The van der Waals surface area contributed by atoms with Crippen molar-refractivity contribution in [3.63, 3.8) is 0 Å². The Morgan fingerprint density at radius 1 is 1.36 bits per heavy atom. The van der Waals surface area contributed by atoms with E-state index in [1.165, 1.54) is 6.42 Å². The SMILES string of the molecule is CCNC(=NCC1(C)CCCCC1O)NCCc1c(C)noc1C.I. The number of aryl methyl sites for hydroxylation is 2. The summed E-state index contributed by atoms with van der Waals surface area (Å²) in [6.45, 7) is 10.4. The van der Waals surface area contributed by atoms with E-state index >= 15 is 0 Å². The molecule has 0 saturated heterocycles. The molecule has 1 heterocycles. The maximum atomic E-state index is 10.3. The Kier molecular flexibility index (Phi) is 9.20. The predicted molar refractivity (Wildman–Crippen MR) is 112 cm³/mol. The van der Waals surface area contributed by atoms with Gasteiger partial charge in [0.2, 0.25) is 0 Å². The Morgan fingerprint density at radius 2 is 2.12 bits per heavy atom. The lowest BCUT2D eigenvalue weighted by Gasteiger charge is -2.37. The lowest BCUT2D eigenvalue weighted by molar-refractivity contribution is 0.00716. The number of nitrogens with zero attached hydrogens (tertiary/aromatic N) is 2. The fraction of sp³-hybridized carbons (Fsp3) is 0.778. The van der Waals surface area contributed by atoms with Crippen LogP contribution in [0.5, 0.6) is 0 Å². The first-order chi connectivity index (χ1) is 11.5. The van der Waals surface area contributed by atoms with Crippen LogP contribution in [-0.4, -0.2) is 42.0 Å². The first-order valence-corrected chi connectivity index (χ1v) is 9.08. The van der Waals surface area contributed by atoms with E-state index in [2.05, 4.69) is 29.6 Å². The zero-order valence-electron chi connectivity index (χ0n) is 15.9. The number of aromatic nitrogens is 1. The Labute approximate surface area is 168 Å². The van der Waals surface area contributed by atoms with Crippen LogP contribution in [0.2, 0.25) is 0 Å². The van der Waals surface area contributed by atoms with E-state index < -0.39 is 0 Å². The zero-order valence-corrected chi connectivity index (χ0v) is 18.2. The first kappa shape index (κ1) is 22.2. The minimum Gasteiger partial charge on any atom is -0.392 e. The van der Waals surface area contributed by atoms with Crippen LogP contribution < -0.4 is 10.6 Å². The highest BCUT2D eigenvalue weighted by Gasteiger charge is 2.35. The van der Waals surface area contributed by atoms with Crippen molar-refractivity contribution in [2.75, 3.05) is 19.6 Å². The van der Waals surface area contributed by atoms with Crippen LogP contribution >= 0.6 is 24.0 Å². The molecular weight excluding hydrogens is 431 g/mol. The Bertz CT molecular complexity index is 542. The van der Waals surface area contributed by atoms with Crippen molar-refractivity contribution < 1.29 is 9.63 Å². The van der Waals surface area contributed by atoms with Crippen molar-refractivity contribution in [2.45, 2.75) is 65.9 Å². The highest BCUT2D eigenvalue weighted by molar-refractivity contribution is 14.0. The van der Waals surface area contributed by atoms with Crippen LogP contribution in [0.3, 0.4) is 0 Å². The molecule has 1 fully saturated rings. The van der Waals surface area contributed by atoms with Crippen LogP contribution in [0.4, 0.5) is 0 Å². The van der Waals surface area contributed by atoms with Gasteiger partial charge in [0.15, 0.2) is 5.96 Å². The van der Waals surface area contributed by atoms with Gasteiger partial charge in [-0.25, -0.2) is 0 Å². The average Bonchev–Trinajstić information content (AvgIpc) is 2.87. The van der Waals surface area contributed by atoms with Gasteiger partial charge in [-0.3, -0.25) is 4.99 Å². The molecule has 2 unspecified atom stereocenters. The number of hydrogen-bond donors (Lipinski definition) is 3. The van der Waals surface area contributed by atoms with Crippen LogP contribution in [0.1, 0.15) is 56.5 Å². The minimum atomic E-state index is -0.250. The molecule has 1 saturated carbocycles. The van der Waals surface area contributed by atoms with Crippen molar-refractivity contribution in [1.29, 1.82) is 0 Å². The van der Waals surface area contributed by atoms with E-state index in [-0.39, 0.29) is 35.5 Å². The molecular formula is C18H33IN4O2. The molecule has 1 aliphatic rings. The summed E-state index contributed by atoms with van der Waals surface area (Å²) in [7, 11) is 0. The molecule has 1 aromatic rings. The van der Waals surface area contributed by atoms with Gasteiger partial charge in [-0.2, -0.15) is 0 Å². The lowest BCUT2D eigenvalue weighted by atomic mass is 9.73. The second-order valence-corrected chi connectivity index (χ2v) is 7.09. The van der Waals surface area contributed by atoms with Gasteiger partial charge in [-0.15, -0.1) is 24.0 Å². The summed E-state index contributed by atoms with van der Waals surface area (Å²) in [6, 6.07) is 0. The first-order valence-electron chi connectivity index (χ1n) is 9.08. The predicted octanol–water partition coefficient (Wildman–Crippen LogP) is 2.95. The van der Waals surface area contributed by atoms with Gasteiger partial charge in [-0.05, 0) is 40.0 Å². The fourth-order valence-electron chi connectivity index (χ4n) is 3.33.